The van der Waals surface area contributed by atoms with E-state index in [0.29, 0.717) is 23.6 Å². The summed E-state index contributed by atoms with van der Waals surface area (Å²) in [5, 5.41) is 0. The zero-order chi connectivity index (χ0) is 27.7. The number of alkyl halides is 6. The van der Waals surface area contributed by atoms with Crippen molar-refractivity contribution in [3.63, 3.8) is 0 Å². The van der Waals surface area contributed by atoms with Gasteiger partial charge < -0.3 is 20.9 Å². The Morgan fingerprint density at radius 2 is 0.868 bits per heavy atom. The third-order valence-electron chi connectivity index (χ3n) is 5.75. The zero-order valence-electron chi connectivity index (χ0n) is 19.3. The smallest absolute Gasteiger partial charge is 0.411 e. The SMILES string of the molecule is Nc1ccc(Oc2ccc(C(c3ccc(Oc4ccc(N)c(F)c4)cc3)(C(F)(F)F)C(F)(F)F)cc2)cc1. The van der Waals surface area contributed by atoms with Crippen molar-refractivity contribution < 1.29 is 40.2 Å². The molecule has 0 radical (unpaired) electrons. The Balaban J connectivity index is 1.71. The highest BCUT2D eigenvalue weighted by Gasteiger charge is 2.72. The van der Waals surface area contributed by atoms with Crippen molar-refractivity contribution in [1.29, 1.82) is 0 Å². The standard InChI is InChI=1S/C27H19F7N2O2/c28-23-15-22(13-14-24(23)36)38-20-9-3-17(4-10-20)25(26(29,30)31,27(32,33)34)16-1-7-19(8-2-16)37-21-11-5-18(35)6-12-21/h1-15H,35-36H2. The monoisotopic (exact) mass is 536 g/mol. The Hall–Kier alpha value is -4.41. The molecule has 0 aliphatic heterocycles. The van der Waals surface area contributed by atoms with Crippen molar-refractivity contribution in [3.05, 3.63) is 108 Å². The summed E-state index contributed by atoms with van der Waals surface area (Å²) in [6.07, 6.45) is -11.5. The average molecular weight is 536 g/mol. The van der Waals surface area contributed by atoms with Gasteiger partial charge in [-0.05, 0) is 71.8 Å². The van der Waals surface area contributed by atoms with Gasteiger partial charge in [0.15, 0.2) is 0 Å². The number of hydrogen-bond acceptors (Lipinski definition) is 4. The van der Waals surface area contributed by atoms with Crippen LogP contribution >= 0.6 is 0 Å². The Kier molecular flexibility index (Phi) is 6.88. The van der Waals surface area contributed by atoms with Gasteiger partial charge in [0, 0.05) is 11.8 Å². The maximum Gasteiger partial charge on any atom is 0.411 e. The topological polar surface area (TPSA) is 70.5 Å². The van der Waals surface area contributed by atoms with Crippen molar-refractivity contribution in [2.24, 2.45) is 0 Å². The van der Waals surface area contributed by atoms with Crippen molar-refractivity contribution in [2.75, 3.05) is 11.5 Å². The molecule has 11 heteroatoms. The molecule has 0 aliphatic rings. The van der Waals surface area contributed by atoms with Gasteiger partial charge >= 0.3 is 12.4 Å². The van der Waals surface area contributed by atoms with E-state index in [-0.39, 0.29) is 22.9 Å². The lowest BCUT2D eigenvalue weighted by Crippen LogP contribution is -2.54. The van der Waals surface area contributed by atoms with E-state index in [1.54, 1.807) is 0 Å². The molecule has 0 saturated carbocycles. The van der Waals surface area contributed by atoms with Crippen molar-refractivity contribution in [2.45, 2.75) is 17.8 Å². The summed E-state index contributed by atoms with van der Waals surface area (Å²) in [4.78, 5) is 0. The first-order chi connectivity index (χ1) is 17.8. The summed E-state index contributed by atoms with van der Waals surface area (Å²) in [5.74, 6) is -0.628. The molecule has 4 aromatic carbocycles. The molecule has 0 aromatic heterocycles. The Labute approximate surface area is 212 Å². The summed E-state index contributed by atoms with van der Waals surface area (Å²) < 4.78 is 111. The zero-order valence-corrected chi connectivity index (χ0v) is 19.3. The fourth-order valence-corrected chi connectivity index (χ4v) is 3.91. The highest BCUT2D eigenvalue weighted by Crippen LogP contribution is 2.56. The molecule has 4 N–H and O–H groups in total. The Morgan fingerprint density at radius 1 is 0.500 bits per heavy atom. The molecule has 0 spiro atoms. The van der Waals surface area contributed by atoms with Gasteiger partial charge in [-0.3, -0.25) is 0 Å². The fourth-order valence-electron chi connectivity index (χ4n) is 3.91. The Bertz CT molecular complexity index is 1390. The molecule has 0 heterocycles. The molecule has 4 nitrogen and oxygen atoms in total. The lowest BCUT2D eigenvalue weighted by atomic mass is 9.73. The van der Waals surface area contributed by atoms with Crippen LogP contribution in [0.4, 0.5) is 42.1 Å². The average Bonchev–Trinajstić information content (AvgIpc) is 2.84. The maximum absolute atomic E-state index is 14.4. The lowest BCUT2D eigenvalue weighted by Gasteiger charge is -2.38. The number of anilines is 2. The summed E-state index contributed by atoms with van der Waals surface area (Å²) in [6, 6.07) is 16.2. The van der Waals surface area contributed by atoms with Crippen LogP contribution in [0.1, 0.15) is 11.1 Å². The molecule has 198 valence electrons. The quantitative estimate of drug-likeness (QED) is 0.194. The number of nitrogens with two attached hydrogens (primary N) is 2. The number of ether oxygens (including phenoxy) is 2. The van der Waals surface area contributed by atoms with Crippen LogP contribution in [0, 0.1) is 5.82 Å². The van der Waals surface area contributed by atoms with Gasteiger partial charge in [0.1, 0.15) is 28.8 Å². The molecule has 0 bridgehead atoms. The first kappa shape index (κ1) is 26.6. The highest BCUT2D eigenvalue weighted by atomic mass is 19.4. The van der Waals surface area contributed by atoms with Crippen molar-refractivity contribution in [3.8, 4) is 23.0 Å². The molecule has 0 fully saturated rings. The van der Waals surface area contributed by atoms with Crippen LogP contribution in [0.5, 0.6) is 23.0 Å². The minimum Gasteiger partial charge on any atom is -0.457 e. The molecule has 0 aliphatic carbocycles. The number of nitrogen functional groups attached to an aromatic ring is 2. The Morgan fingerprint density at radius 3 is 1.26 bits per heavy atom. The minimum absolute atomic E-state index is 0.0243. The van der Waals surface area contributed by atoms with Crippen molar-refractivity contribution in [1.82, 2.24) is 0 Å². The lowest BCUT2D eigenvalue weighted by molar-refractivity contribution is -0.288. The third kappa shape index (κ3) is 5.04. The van der Waals surface area contributed by atoms with Gasteiger partial charge in [0.25, 0.3) is 0 Å². The van der Waals surface area contributed by atoms with Gasteiger partial charge in [0.2, 0.25) is 5.41 Å². The second-order valence-corrected chi connectivity index (χ2v) is 8.25. The summed E-state index contributed by atoms with van der Waals surface area (Å²) in [5.41, 5.74) is 4.77. The molecular weight excluding hydrogens is 517 g/mol. The first-order valence-electron chi connectivity index (χ1n) is 10.9. The van der Waals surface area contributed by atoms with Crippen LogP contribution in [0.15, 0.2) is 91.0 Å². The summed E-state index contributed by atoms with van der Waals surface area (Å²) in [6.45, 7) is 0. The minimum atomic E-state index is -5.77. The van der Waals surface area contributed by atoms with Crippen LogP contribution in [0.25, 0.3) is 0 Å². The first-order valence-corrected chi connectivity index (χ1v) is 10.9. The van der Waals surface area contributed by atoms with Crippen LogP contribution < -0.4 is 20.9 Å². The van der Waals surface area contributed by atoms with E-state index in [1.165, 1.54) is 36.4 Å². The van der Waals surface area contributed by atoms with Crippen LogP contribution in [-0.4, -0.2) is 12.4 Å². The molecule has 4 aromatic rings. The third-order valence-corrected chi connectivity index (χ3v) is 5.75. The number of hydrogen-bond donors (Lipinski definition) is 2. The van der Waals surface area contributed by atoms with E-state index in [9.17, 15) is 30.7 Å². The van der Waals surface area contributed by atoms with Crippen LogP contribution in [-0.2, 0) is 5.41 Å². The van der Waals surface area contributed by atoms with Crippen LogP contribution in [0.2, 0.25) is 0 Å². The summed E-state index contributed by atoms with van der Waals surface area (Å²) in [7, 11) is 0. The molecular formula is C27H19F7N2O2. The normalized spacial score (nSPS) is 12.3. The van der Waals surface area contributed by atoms with Gasteiger partial charge in [-0.25, -0.2) is 4.39 Å². The van der Waals surface area contributed by atoms with E-state index in [4.69, 9.17) is 20.9 Å². The molecule has 0 saturated heterocycles. The van der Waals surface area contributed by atoms with E-state index in [0.717, 1.165) is 42.5 Å². The number of halogens is 7. The van der Waals surface area contributed by atoms with E-state index in [2.05, 4.69) is 0 Å². The predicted molar refractivity (Wildman–Crippen MR) is 128 cm³/mol. The predicted octanol–water partition coefficient (Wildman–Crippen LogP) is 7.99. The highest BCUT2D eigenvalue weighted by molar-refractivity contribution is 5.49. The van der Waals surface area contributed by atoms with Crippen LogP contribution in [0.3, 0.4) is 0 Å². The van der Waals surface area contributed by atoms with Crippen molar-refractivity contribution >= 4 is 11.4 Å². The molecule has 0 unspecified atom stereocenters. The second kappa shape index (κ2) is 9.81. The van der Waals surface area contributed by atoms with Gasteiger partial charge in [-0.15, -0.1) is 0 Å². The van der Waals surface area contributed by atoms with E-state index >= 15 is 0 Å². The fraction of sp³-hybridized carbons (Fsp3) is 0.111. The molecule has 4 rings (SSSR count). The number of benzene rings is 4. The molecule has 0 amide bonds. The number of rotatable bonds is 6. The maximum atomic E-state index is 14.4. The second-order valence-electron chi connectivity index (χ2n) is 8.25. The van der Waals surface area contributed by atoms with Gasteiger partial charge in [-0.2, -0.15) is 26.3 Å². The van der Waals surface area contributed by atoms with E-state index < -0.39 is 34.7 Å². The van der Waals surface area contributed by atoms with Gasteiger partial charge in [0.05, 0.1) is 5.69 Å². The summed E-state index contributed by atoms with van der Waals surface area (Å²) >= 11 is 0. The molecule has 0 atom stereocenters. The van der Waals surface area contributed by atoms with Gasteiger partial charge in [-0.1, -0.05) is 24.3 Å². The van der Waals surface area contributed by atoms with E-state index in [1.807, 2.05) is 0 Å². The largest absolute Gasteiger partial charge is 0.457 e. The molecule has 38 heavy (non-hydrogen) atoms.